The number of aromatic nitrogens is 5. The summed E-state index contributed by atoms with van der Waals surface area (Å²) in [7, 11) is 3.65. The van der Waals surface area contributed by atoms with Crippen LogP contribution in [0.15, 0.2) is 30.5 Å². The van der Waals surface area contributed by atoms with E-state index in [9.17, 15) is 8.78 Å². The molecule has 1 aliphatic heterocycles. The number of aryl methyl sites for hydroxylation is 1. The van der Waals surface area contributed by atoms with Gasteiger partial charge in [-0.05, 0) is 30.7 Å². The van der Waals surface area contributed by atoms with Crippen LogP contribution in [-0.4, -0.2) is 45.3 Å². The fraction of sp³-hybridized carbons (Fsp3) is 0.273. The van der Waals surface area contributed by atoms with Crippen molar-refractivity contribution in [1.82, 2.24) is 29.9 Å². The molecule has 0 spiro atoms. The topological polar surface area (TPSA) is 83.8 Å². The molecule has 0 aliphatic carbocycles. The molecule has 0 atom stereocenters. The third kappa shape index (κ3) is 3.52. The number of nitrogens with one attached hydrogen (secondary N) is 2. The van der Waals surface area contributed by atoms with Crippen molar-refractivity contribution in [2.45, 2.75) is 19.9 Å². The normalized spacial score (nSPS) is 13.3. The lowest BCUT2D eigenvalue weighted by atomic mass is 10.1. The van der Waals surface area contributed by atoms with E-state index in [4.69, 9.17) is 0 Å². The Hall–Kier alpha value is -3.66. The van der Waals surface area contributed by atoms with Gasteiger partial charge >= 0.3 is 0 Å². The summed E-state index contributed by atoms with van der Waals surface area (Å²) in [6, 6.07) is 6.75. The van der Waals surface area contributed by atoms with Crippen LogP contribution in [0.5, 0.6) is 0 Å². The first-order valence-electron chi connectivity index (χ1n) is 10.3. The highest BCUT2D eigenvalue weighted by atomic mass is 19.1. The minimum absolute atomic E-state index is 0.00498. The zero-order valence-electron chi connectivity index (χ0n) is 17.9. The first-order valence-corrected chi connectivity index (χ1v) is 10.3. The molecule has 2 N–H and O–H groups in total. The van der Waals surface area contributed by atoms with Crippen LogP contribution in [0, 0.1) is 18.6 Å². The highest BCUT2D eigenvalue weighted by molar-refractivity contribution is 5.83. The lowest BCUT2D eigenvalue weighted by Crippen LogP contribution is -2.25. The second kappa shape index (κ2) is 7.79. The van der Waals surface area contributed by atoms with Crippen LogP contribution < -0.4 is 15.6 Å². The summed E-state index contributed by atoms with van der Waals surface area (Å²) in [6.07, 6.45) is 1.90. The largest absolute Gasteiger partial charge is 0.317 e. The number of benzene rings is 1. The number of hydrogen-bond acceptors (Lipinski definition) is 7. The molecule has 10 heteroatoms. The number of anilines is 2. The molecule has 164 valence electrons. The Morgan fingerprint density at radius 3 is 2.75 bits per heavy atom. The highest BCUT2D eigenvalue weighted by Gasteiger charge is 2.18. The molecule has 0 fully saturated rings. The molecule has 4 heterocycles. The van der Waals surface area contributed by atoms with Crippen molar-refractivity contribution >= 4 is 22.8 Å². The van der Waals surface area contributed by atoms with Crippen molar-refractivity contribution in [2.75, 3.05) is 31.0 Å². The van der Waals surface area contributed by atoms with Gasteiger partial charge in [0, 0.05) is 44.9 Å². The van der Waals surface area contributed by atoms with Gasteiger partial charge in [0.25, 0.3) is 0 Å². The second-order valence-corrected chi connectivity index (χ2v) is 7.89. The highest BCUT2D eigenvalue weighted by Crippen LogP contribution is 2.29. The maximum atomic E-state index is 14.8. The van der Waals surface area contributed by atoms with Crippen molar-refractivity contribution in [3.05, 3.63) is 59.2 Å². The predicted molar refractivity (Wildman–Crippen MR) is 118 cm³/mol. The lowest BCUT2D eigenvalue weighted by Gasteiger charge is -2.17. The van der Waals surface area contributed by atoms with Gasteiger partial charge in [-0.2, -0.15) is 0 Å². The van der Waals surface area contributed by atoms with Crippen molar-refractivity contribution in [2.24, 2.45) is 0 Å². The number of pyridine rings is 1. The van der Waals surface area contributed by atoms with E-state index in [-0.39, 0.29) is 17.2 Å². The molecule has 0 saturated carbocycles. The Kier molecular flexibility index (Phi) is 4.93. The van der Waals surface area contributed by atoms with Gasteiger partial charge in [-0.25, -0.2) is 33.4 Å². The SMILES string of the molecule is Cc1nc2c(F)cc(-c3nc(Nc4ccc5c(n4)CCNC5)ncc3F)cc2n1N(C)C. The van der Waals surface area contributed by atoms with E-state index in [1.165, 1.54) is 6.07 Å². The first-order chi connectivity index (χ1) is 15.4. The van der Waals surface area contributed by atoms with E-state index in [0.717, 1.165) is 37.0 Å². The number of nitrogens with zero attached hydrogens (tertiary/aromatic N) is 6. The molecule has 4 aromatic rings. The van der Waals surface area contributed by atoms with Gasteiger partial charge in [0.05, 0.1) is 11.7 Å². The van der Waals surface area contributed by atoms with Gasteiger partial charge in [-0.3, -0.25) is 0 Å². The molecule has 5 rings (SSSR count). The summed E-state index contributed by atoms with van der Waals surface area (Å²) in [5.74, 6) is 0.192. The molecular formula is C22H22F2N8. The summed E-state index contributed by atoms with van der Waals surface area (Å²) in [6.45, 7) is 3.45. The van der Waals surface area contributed by atoms with Crippen LogP contribution >= 0.6 is 0 Å². The minimum atomic E-state index is -0.647. The summed E-state index contributed by atoms with van der Waals surface area (Å²) in [5, 5.41) is 8.13. The summed E-state index contributed by atoms with van der Waals surface area (Å²) < 4.78 is 31.3. The van der Waals surface area contributed by atoms with E-state index in [1.54, 1.807) is 22.7 Å². The Bertz CT molecular complexity index is 1330. The molecule has 0 bridgehead atoms. The van der Waals surface area contributed by atoms with Crippen molar-refractivity contribution < 1.29 is 8.78 Å². The molecule has 0 saturated heterocycles. The molecule has 1 aromatic carbocycles. The second-order valence-electron chi connectivity index (χ2n) is 7.89. The Balaban J connectivity index is 1.54. The van der Waals surface area contributed by atoms with Crippen LogP contribution in [0.4, 0.5) is 20.5 Å². The number of hydrogen-bond donors (Lipinski definition) is 2. The number of imidazole rings is 1. The Morgan fingerprint density at radius 2 is 1.94 bits per heavy atom. The Morgan fingerprint density at radius 1 is 1.09 bits per heavy atom. The van der Waals surface area contributed by atoms with E-state index in [2.05, 4.69) is 30.6 Å². The zero-order valence-corrected chi connectivity index (χ0v) is 17.9. The van der Waals surface area contributed by atoms with E-state index in [0.29, 0.717) is 22.7 Å². The average molecular weight is 436 g/mol. The van der Waals surface area contributed by atoms with E-state index < -0.39 is 11.6 Å². The Labute approximate surface area is 183 Å². The van der Waals surface area contributed by atoms with E-state index >= 15 is 0 Å². The van der Waals surface area contributed by atoms with Crippen LogP contribution in [0.2, 0.25) is 0 Å². The third-order valence-electron chi connectivity index (χ3n) is 5.43. The summed E-state index contributed by atoms with van der Waals surface area (Å²) >= 11 is 0. The van der Waals surface area contributed by atoms with Crippen LogP contribution in [0.1, 0.15) is 17.1 Å². The van der Waals surface area contributed by atoms with Gasteiger partial charge in [0.1, 0.15) is 22.9 Å². The number of halogens is 2. The molecular weight excluding hydrogens is 414 g/mol. The maximum absolute atomic E-state index is 14.8. The quantitative estimate of drug-likeness (QED) is 0.509. The predicted octanol–water partition coefficient (Wildman–Crippen LogP) is 3.06. The fourth-order valence-corrected chi connectivity index (χ4v) is 4.03. The molecule has 32 heavy (non-hydrogen) atoms. The van der Waals surface area contributed by atoms with Crippen molar-refractivity contribution in [3.8, 4) is 11.3 Å². The maximum Gasteiger partial charge on any atom is 0.229 e. The van der Waals surface area contributed by atoms with Gasteiger partial charge < -0.3 is 15.6 Å². The molecule has 0 unspecified atom stereocenters. The lowest BCUT2D eigenvalue weighted by molar-refractivity contribution is 0.617. The standard InChI is InChI=1S/C22H22F2N8/c1-12-27-21-15(23)8-14(9-18(21)32(12)31(2)3)20-16(24)11-26-22(30-20)29-19-5-4-13-10-25-7-6-17(13)28-19/h4-5,8-9,11,25H,6-7,10H2,1-3H3,(H,26,28,29,30). The van der Waals surface area contributed by atoms with Gasteiger partial charge in [0.15, 0.2) is 11.6 Å². The summed E-state index contributed by atoms with van der Waals surface area (Å²) in [4.78, 5) is 17.3. The van der Waals surface area contributed by atoms with E-state index in [1.807, 2.05) is 26.2 Å². The molecule has 0 radical (unpaired) electrons. The number of rotatable bonds is 4. The minimum Gasteiger partial charge on any atom is -0.317 e. The van der Waals surface area contributed by atoms with Gasteiger partial charge in [-0.15, -0.1) is 0 Å². The molecule has 0 amide bonds. The van der Waals surface area contributed by atoms with Gasteiger partial charge in [0.2, 0.25) is 5.95 Å². The third-order valence-corrected chi connectivity index (χ3v) is 5.43. The first kappa shape index (κ1) is 20.3. The van der Waals surface area contributed by atoms with Crippen molar-refractivity contribution in [3.63, 3.8) is 0 Å². The number of fused-ring (bicyclic) bond motifs is 2. The monoisotopic (exact) mass is 436 g/mol. The average Bonchev–Trinajstić information content (AvgIpc) is 3.11. The molecule has 3 aromatic heterocycles. The zero-order chi connectivity index (χ0) is 22.4. The smallest absolute Gasteiger partial charge is 0.229 e. The van der Waals surface area contributed by atoms with Crippen LogP contribution in [-0.2, 0) is 13.0 Å². The van der Waals surface area contributed by atoms with Crippen LogP contribution in [0.3, 0.4) is 0 Å². The fourth-order valence-electron chi connectivity index (χ4n) is 4.03. The van der Waals surface area contributed by atoms with Crippen LogP contribution in [0.25, 0.3) is 22.3 Å². The molecule has 8 nitrogen and oxygen atoms in total. The molecule has 1 aliphatic rings. The van der Waals surface area contributed by atoms with Crippen molar-refractivity contribution in [1.29, 1.82) is 0 Å². The summed E-state index contributed by atoms with van der Waals surface area (Å²) in [5.41, 5.74) is 3.20. The van der Waals surface area contributed by atoms with Gasteiger partial charge in [-0.1, -0.05) is 6.07 Å².